The van der Waals surface area contributed by atoms with E-state index in [1.165, 1.54) is 0 Å². The van der Waals surface area contributed by atoms with Crippen molar-refractivity contribution in [1.82, 2.24) is 4.98 Å². The molecule has 0 atom stereocenters. The summed E-state index contributed by atoms with van der Waals surface area (Å²) in [6.07, 6.45) is 1.83. The predicted molar refractivity (Wildman–Crippen MR) is 54.5 cm³/mol. The standard InChI is InChI=1S/C11H12FN.H2/c1-7(2)9-6-11-8(3-4-13-11)5-10(9)12;/h3-7,13H,1-2H3;1H. The van der Waals surface area contributed by atoms with Crippen molar-refractivity contribution in [2.75, 3.05) is 0 Å². The van der Waals surface area contributed by atoms with Gasteiger partial charge in [0.1, 0.15) is 5.82 Å². The fraction of sp³-hybridized carbons (Fsp3) is 0.273. The molecule has 0 aliphatic rings. The molecule has 2 rings (SSSR count). The number of hydrogen-bond acceptors (Lipinski definition) is 0. The Bertz CT molecular complexity index is 434. The number of rotatable bonds is 1. The van der Waals surface area contributed by atoms with E-state index in [0.29, 0.717) is 0 Å². The number of fused-ring (bicyclic) bond motifs is 1. The lowest BCUT2D eigenvalue weighted by Gasteiger charge is -2.06. The molecule has 1 aromatic heterocycles. The number of benzene rings is 1. The van der Waals surface area contributed by atoms with Crippen molar-refractivity contribution in [1.29, 1.82) is 0 Å². The van der Waals surface area contributed by atoms with Gasteiger partial charge >= 0.3 is 0 Å². The van der Waals surface area contributed by atoms with Gasteiger partial charge in [0.25, 0.3) is 0 Å². The van der Waals surface area contributed by atoms with Crippen molar-refractivity contribution in [3.05, 3.63) is 35.8 Å². The summed E-state index contributed by atoms with van der Waals surface area (Å²) in [6, 6.07) is 5.35. The van der Waals surface area contributed by atoms with E-state index in [0.717, 1.165) is 16.5 Å². The van der Waals surface area contributed by atoms with E-state index in [-0.39, 0.29) is 13.2 Å². The van der Waals surface area contributed by atoms with E-state index >= 15 is 0 Å². The Balaban J connectivity index is 0.000000980. The molecule has 1 N–H and O–H groups in total. The smallest absolute Gasteiger partial charge is 0.127 e. The zero-order valence-corrected chi connectivity index (χ0v) is 7.76. The minimum absolute atomic E-state index is 0. The van der Waals surface area contributed by atoms with E-state index in [2.05, 4.69) is 4.98 Å². The number of H-pyrrole nitrogens is 1. The van der Waals surface area contributed by atoms with E-state index in [1.807, 2.05) is 32.2 Å². The van der Waals surface area contributed by atoms with Crippen molar-refractivity contribution >= 4 is 10.9 Å². The van der Waals surface area contributed by atoms with Crippen LogP contribution in [0.4, 0.5) is 4.39 Å². The summed E-state index contributed by atoms with van der Waals surface area (Å²) in [5, 5.41) is 0.932. The molecule has 2 heteroatoms. The molecule has 70 valence electrons. The number of hydrogen-bond donors (Lipinski definition) is 1. The average Bonchev–Trinajstić information content (AvgIpc) is 2.48. The van der Waals surface area contributed by atoms with Gasteiger partial charge in [-0.25, -0.2) is 4.39 Å². The third-order valence-corrected chi connectivity index (χ3v) is 2.29. The lowest BCUT2D eigenvalue weighted by atomic mass is 10.0. The molecule has 13 heavy (non-hydrogen) atoms. The van der Waals surface area contributed by atoms with Crippen LogP contribution in [0.3, 0.4) is 0 Å². The topological polar surface area (TPSA) is 15.8 Å². The van der Waals surface area contributed by atoms with Crippen LogP contribution in [0, 0.1) is 5.82 Å². The van der Waals surface area contributed by atoms with Gasteiger partial charge in [-0.15, -0.1) is 0 Å². The maximum absolute atomic E-state index is 13.4. The first-order chi connectivity index (χ1) is 6.18. The molecule has 0 saturated heterocycles. The molecule has 0 aliphatic heterocycles. The second-order valence-electron chi connectivity index (χ2n) is 3.59. The summed E-state index contributed by atoms with van der Waals surface area (Å²) in [5.41, 5.74) is 1.78. The minimum atomic E-state index is -0.109. The molecule has 0 unspecified atom stereocenters. The third-order valence-electron chi connectivity index (χ3n) is 2.29. The Morgan fingerprint density at radius 2 is 2.15 bits per heavy atom. The Labute approximate surface area is 78.1 Å². The van der Waals surface area contributed by atoms with Gasteiger partial charge < -0.3 is 4.98 Å². The fourth-order valence-electron chi connectivity index (χ4n) is 1.53. The molecule has 0 aliphatic carbocycles. The van der Waals surface area contributed by atoms with Crippen molar-refractivity contribution in [2.45, 2.75) is 19.8 Å². The third kappa shape index (κ3) is 1.32. The molecule has 1 aromatic carbocycles. The molecular formula is C11H14FN. The highest BCUT2D eigenvalue weighted by atomic mass is 19.1. The molecular weight excluding hydrogens is 165 g/mol. The fourth-order valence-corrected chi connectivity index (χ4v) is 1.53. The van der Waals surface area contributed by atoms with Gasteiger partial charge in [-0.2, -0.15) is 0 Å². The van der Waals surface area contributed by atoms with Crippen molar-refractivity contribution in [3.8, 4) is 0 Å². The number of halogens is 1. The predicted octanol–water partition coefficient (Wildman–Crippen LogP) is 3.68. The number of nitrogens with one attached hydrogen (secondary N) is 1. The maximum atomic E-state index is 13.4. The van der Waals surface area contributed by atoms with Gasteiger partial charge in [-0.1, -0.05) is 13.8 Å². The highest BCUT2D eigenvalue weighted by Crippen LogP contribution is 2.23. The Morgan fingerprint density at radius 1 is 1.38 bits per heavy atom. The van der Waals surface area contributed by atoms with E-state index in [1.54, 1.807) is 6.07 Å². The van der Waals surface area contributed by atoms with Gasteiger partial charge in [0, 0.05) is 18.5 Å². The summed E-state index contributed by atoms with van der Waals surface area (Å²) >= 11 is 0. The van der Waals surface area contributed by atoms with Crippen molar-refractivity contribution in [2.24, 2.45) is 0 Å². The zero-order chi connectivity index (χ0) is 9.42. The summed E-state index contributed by atoms with van der Waals surface area (Å²) in [6.45, 7) is 3.99. The second-order valence-corrected chi connectivity index (χ2v) is 3.59. The van der Waals surface area contributed by atoms with Crippen molar-refractivity contribution in [3.63, 3.8) is 0 Å². The van der Waals surface area contributed by atoms with Crippen LogP contribution in [-0.2, 0) is 0 Å². The molecule has 1 nitrogen and oxygen atoms in total. The molecule has 0 spiro atoms. The van der Waals surface area contributed by atoms with Gasteiger partial charge in [0.05, 0.1) is 0 Å². The first-order valence-electron chi connectivity index (χ1n) is 4.45. The SMILES string of the molecule is CC(C)c1cc2[nH]ccc2cc1F.[HH]. The van der Waals surface area contributed by atoms with E-state index in [4.69, 9.17) is 0 Å². The van der Waals surface area contributed by atoms with E-state index < -0.39 is 0 Å². The Morgan fingerprint density at radius 3 is 2.85 bits per heavy atom. The highest BCUT2D eigenvalue weighted by molar-refractivity contribution is 5.80. The van der Waals surface area contributed by atoms with Crippen molar-refractivity contribution < 1.29 is 5.82 Å². The van der Waals surface area contributed by atoms with Crippen LogP contribution in [0.1, 0.15) is 26.8 Å². The van der Waals surface area contributed by atoms with Crippen LogP contribution >= 0.6 is 0 Å². The lowest BCUT2D eigenvalue weighted by Crippen LogP contribution is -1.92. The molecule has 0 amide bonds. The summed E-state index contributed by atoms with van der Waals surface area (Å²) < 4.78 is 13.4. The van der Waals surface area contributed by atoms with Crippen LogP contribution in [0.25, 0.3) is 10.9 Å². The first-order valence-corrected chi connectivity index (χ1v) is 4.45. The van der Waals surface area contributed by atoms with Gasteiger partial charge in [-0.3, -0.25) is 0 Å². The monoisotopic (exact) mass is 179 g/mol. The first kappa shape index (κ1) is 8.30. The minimum Gasteiger partial charge on any atom is -0.361 e. The quantitative estimate of drug-likeness (QED) is 0.687. The Kier molecular flexibility index (Phi) is 1.83. The van der Waals surface area contributed by atoms with Crippen LogP contribution in [-0.4, -0.2) is 4.98 Å². The number of aromatic amines is 1. The van der Waals surface area contributed by atoms with Crippen LogP contribution in [0.2, 0.25) is 0 Å². The molecule has 0 bridgehead atoms. The molecule has 0 fully saturated rings. The highest BCUT2D eigenvalue weighted by Gasteiger charge is 2.08. The average molecular weight is 179 g/mol. The summed E-state index contributed by atoms with van der Waals surface area (Å²) in [7, 11) is 0. The van der Waals surface area contributed by atoms with Crippen LogP contribution in [0.5, 0.6) is 0 Å². The lowest BCUT2D eigenvalue weighted by molar-refractivity contribution is 0.600. The molecule has 0 saturated carbocycles. The second kappa shape index (κ2) is 2.87. The van der Waals surface area contributed by atoms with Gasteiger partial charge in [0.15, 0.2) is 0 Å². The largest absolute Gasteiger partial charge is 0.361 e. The normalized spacial score (nSPS) is 11.4. The van der Waals surface area contributed by atoms with Gasteiger partial charge in [0.2, 0.25) is 0 Å². The summed E-state index contributed by atoms with van der Waals surface area (Å²) in [5.74, 6) is 0.120. The van der Waals surface area contributed by atoms with E-state index in [9.17, 15) is 4.39 Å². The van der Waals surface area contributed by atoms with Crippen LogP contribution in [0.15, 0.2) is 24.4 Å². The Hall–Kier alpha value is -1.31. The molecule has 2 aromatic rings. The molecule has 0 radical (unpaired) electrons. The van der Waals surface area contributed by atoms with Gasteiger partial charge in [-0.05, 0) is 29.7 Å². The summed E-state index contributed by atoms with van der Waals surface area (Å²) in [4.78, 5) is 3.08. The number of aromatic nitrogens is 1. The zero-order valence-electron chi connectivity index (χ0n) is 7.76. The molecule has 1 heterocycles. The maximum Gasteiger partial charge on any atom is 0.127 e. The van der Waals surface area contributed by atoms with Crippen LogP contribution < -0.4 is 0 Å².